The van der Waals surface area contributed by atoms with Gasteiger partial charge >= 0.3 is 12.2 Å². The monoisotopic (exact) mass is 423 g/mol. The Morgan fingerprint density at radius 3 is 2.30 bits per heavy atom. The quantitative estimate of drug-likeness (QED) is 0.730. The van der Waals surface area contributed by atoms with Crippen molar-refractivity contribution in [2.75, 3.05) is 51.5 Å². The number of halogens is 3. The van der Waals surface area contributed by atoms with Crippen LogP contribution < -0.4 is 10.2 Å². The lowest BCUT2D eigenvalue weighted by Gasteiger charge is -2.29. The maximum absolute atomic E-state index is 13.8. The van der Waals surface area contributed by atoms with E-state index in [0.717, 1.165) is 23.4 Å². The second-order valence-electron chi connectivity index (χ2n) is 7.47. The topological polar surface area (TPSA) is 51.7 Å². The lowest BCUT2D eigenvalue weighted by molar-refractivity contribution is -0.137. The number of urea groups is 1. The molecule has 0 radical (unpaired) electrons. The van der Waals surface area contributed by atoms with Crippen molar-refractivity contribution in [2.45, 2.75) is 19.6 Å². The SMILES string of the molecule is Cc1ccccc1CNc1c(C(F)(F)F)ccnc1N(CCN(C)C)C(=O)N(C)C. The Kier molecular flexibility index (Phi) is 7.66. The molecule has 0 bridgehead atoms. The molecule has 0 atom stereocenters. The molecule has 30 heavy (non-hydrogen) atoms. The van der Waals surface area contributed by atoms with Crippen molar-refractivity contribution < 1.29 is 18.0 Å². The van der Waals surface area contributed by atoms with Crippen LogP contribution in [-0.2, 0) is 12.7 Å². The third-order valence-corrected chi connectivity index (χ3v) is 4.59. The third kappa shape index (κ3) is 5.85. The molecular weight excluding hydrogens is 395 g/mol. The van der Waals surface area contributed by atoms with Crippen molar-refractivity contribution in [3.8, 4) is 0 Å². The number of pyridine rings is 1. The number of nitrogens with zero attached hydrogens (tertiary/aromatic N) is 4. The van der Waals surface area contributed by atoms with E-state index in [1.54, 1.807) is 14.1 Å². The summed E-state index contributed by atoms with van der Waals surface area (Å²) in [7, 11) is 6.77. The minimum atomic E-state index is -4.60. The number of aromatic nitrogens is 1. The molecule has 0 aliphatic rings. The van der Waals surface area contributed by atoms with Crippen molar-refractivity contribution in [3.63, 3.8) is 0 Å². The average Bonchev–Trinajstić information content (AvgIpc) is 2.66. The summed E-state index contributed by atoms with van der Waals surface area (Å²) in [6, 6.07) is 7.92. The van der Waals surface area contributed by atoms with Crippen molar-refractivity contribution in [1.82, 2.24) is 14.8 Å². The molecule has 0 aliphatic heterocycles. The van der Waals surface area contributed by atoms with Gasteiger partial charge in [0.2, 0.25) is 0 Å². The number of aryl methyl sites for hydroxylation is 1. The number of likely N-dealkylation sites (N-methyl/N-ethyl adjacent to an activating group) is 1. The summed E-state index contributed by atoms with van der Waals surface area (Å²) < 4.78 is 41.3. The lowest BCUT2D eigenvalue weighted by atomic mass is 10.1. The number of benzene rings is 1. The summed E-state index contributed by atoms with van der Waals surface area (Å²) in [5.41, 5.74) is 0.752. The van der Waals surface area contributed by atoms with Crippen LogP contribution in [0.1, 0.15) is 16.7 Å². The Hall–Kier alpha value is -2.81. The first-order chi connectivity index (χ1) is 14.0. The van der Waals surface area contributed by atoms with E-state index in [2.05, 4.69) is 10.3 Å². The van der Waals surface area contributed by atoms with Gasteiger partial charge < -0.3 is 15.1 Å². The van der Waals surface area contributed by atoms with Crippen LogP contribution in [-0.4, -0.2) is 62.1 Å². The van der Waals surface area contributed by atoms with Gasteiger partial charge in [-0.05, 0) is 38.2 Å². The van der Waals surface area contributed by atoms with Crippen LogP contribution in [0.3, 0.4) is 0 Å². The average molecular weight is 423 g/mol. The summed E-state index contributed by atoms with van der Waals surface area (Å²) in [5, 5.41) is 2.90. The zero-order chi connectivity index (χ0) is 22.5. The van der Waals surface area contributed by atoms with Gasteiger partial charge in [-0.25, -0.2) is 9.78 Å². The van der Waals surface area contributed by atoms with Gasteiger partial charge in [0.05, 0.1) is 11.3 Å². The Morgan fingerprint density at radius 2 is 1.73 bits per heavy atom. The molecule has 0 saturated carbocycles. The molecule has 1 aromatic carbocycles. The Morgan fingerprint density at radius 1 is 1.07 bits per heavy atom. The van der Waals surface area contributed by atoms with Crippen LogP contribution in [0.5, 0.6) is 0 Å². The summed E-state index contributed by atoms with van der Waals surface area (Å²) in [5.74, 6) is -0.0426. The predicted molar refractivity (Wildman–Crippen MR) is 113 cm³/mol. The van der Waals surface area contributed by atoms with Gasteiger partial charge in [0.25, 0.3) is 0 Å². The number of carbonyl (C=O) groups is 1. The molecule has 1 N–H and O–H groups in total. The number of nitrogens with one attached hydrogen (secondary N) is 1. The molecule has 0 aliphatic carbocycles. The standard InChI is InChI=1S/C21H28F3N5O/c1-15-8-6-7-9-16(15)14-26-18-17(21(22,23)24)10-11-25-19(18)29(13-12-27(2)3)20(30)28(4)5/h6-11,26H,12-14H2,1-5H3. The van der Waals surface area contributed by atoms with Crippen LogP contribution in [0.2, 0.25) is 0 Å². The fraction of sp³-hybridized carbons (Fsp3) is 0.429. The normalized spacial score (nSPS) is 11.5. The molecule has 0 spiro atoms. The summed E-state index contributed by atoms with van der Waals surface area (Å²) in [6.45, 7) is 2.73. The maximum atomic E-state index is 13.8. The highest BCUT2D eigenvalue weighted by Gasteiger charge is 2.36. The highest BCUT2D eigenvalue weighted by atomic mass is 19.4. The fourth-order valence-corrected chi connectivity index (χ4v) is 2.89. The van der Waals surface area contributed by atoms with E-state index in [4.69, 9.17) is 0 Å². The van der Waals surface area contributed by atoms with E-state index in [0.29, 0.717) is 6.54 Å². The molecule has 6 nitrogen and oxygen atoms in total. The van der Waals surface area contributed by atoms with Crippen LogP contribution in [0, 0.1) is 6.92 Å². The number of carbonyl (C=O) groups excluding carboxylic acids is 1. The van der Waals surface area contributed by atoms with Gasteiger partial charge in [0, 0.05) is 39.9 Å². The molecule has 1 heterocycles. The smallest absolute Gasteiger partial charge is 0.377 e. The summed E-state index contributed by atoms with van der Waals surface area (Å²) >= 11 is 0. The van der Waals surface area contributed by atoms with Crippen molar-refractivity contribution in [3.05, 3.63) is 53.2 Å². The molecule has 164 valence electrons. The van der Waals surface area contributed by atoms with E-state index in [-0.39, 0.29) is 24.6 Å². The molecule has 9 heteroatoms. The number of alkyl halides is 3. The van der Waals surface area contributed by atoms with E-state index in [1.807, 2.05) is 50.2 Å². The van der Waals surface area contributed by atoms with Gasteiger partial charge in [-0.1, -0.05) is 24.3 Å². The van der Waals surface area contributed by atoms with Gasteiger partial charge in [-0.2, -0.15) is 13.2 Å². The first kappa shape index (κ1) is 23.5. The molecule has 1 aromatic heterocycles. The number of hydrogen-bond acceptors (Lipinski definition) is 4. The minimum absolute atomic E-state index is 0.0426. The number of hydrogen-bond donors (Lipinski definition) is 1. The molecular formula is C21H28F3N5O. The van der Waals surface area contributed by atoms with Crippen molar-refractivity contribution in [1.29, 1.82) is 0 Å². The molecule has 2 aromatic rings. The third-order valence-electron chi connectivity index (χ3n) is 4.59. The van der Waals surface area contributed by atoms with E-state index in [1.165, 1.54) is 9.80 Å². The lowest BCUT2D eigenvalue weighted by Crippen LogP contribution is -2.43. The molecule has 0 saturated heterocycles. The first-order valence-electron chi connectivity index (χ1n) is 9.50. The van der Waals surface area contributed by atoms with Gasteiger partial charge in [-0.3, -0.25) is 4.90 Å². The highest BCUT2D eigenvalue weighted by molar-refractivity contribution is 5.94. The van der Waals surface area contributed by atoms with Crippen LogP contribution in [0.4, 0.5) is 29.5 Å². The van der Waals surface area contributed by atoms with Crippen LogP contribution >= 0.6 is 0 Å². The highest BCUT2D eigenvalue weighted by Crippen LogP contribution is 2.39. The molecule has 0 unspecified atom stereocenters. The molecule has 0 fully saturated rings. The Labute approximate surface area is 175 Å². The van der Waals surface area contributed by atoms with Gasteiger partial charge in [-0.15, -0.1) is 0 Å². The minimum Gasteiger partial charge on any atom is -0.377 e. The second kappa shape index (κ2) is 9.80. The predicted octanol–water partition coefficient (Wildman–Crippen LogP) is 4.07. The van der Waals surface area contributed by atoms with Crippen LogP contribution in [0.25, 0.3) is 0 Å². The summed E-state index contributed by atoms with van der Waals surface area (Å²) in [6.07, 6.45) is -3.51. The van der Waals surface area contributed by atoms with Gasteiger partial charge in [0.1, 0.15) is 0 Å². The zero-order valence-electron chi connectivity index (χ0n) is 17.9. The van der Waals surface area contributed by atoms with Crippen LogP contribution in [0.15, 0.2) is 36.5 Å². The van der Waals surface area contributed by atoms with E-state index >= 15 is 0 Å². The fourth-order valence-electron chi connectivity index (χ4n) is 2.89. The largest absolute Gasteiger partial charge is 0.418 e. The second-order valence-corrected chi connectivity index (χ2v) is 7.47. The summed E-state index contributed by atoms with van der Waals surface area (Å²) in [4.78, 5) is 21.4. The van der Waals surface area contributed by atoms with Crippen molar-refractivity contribution in [2.24, 2.45) is 0 Å². The Balaban J connectivity index is 2.53. The zero-order valence-corrected chi connectivity index (χ0v) is 17.9. The number of rotatable bonds is 7. The first-order valence-corrected chi connectivity index (χ1v) is 9.50. The number of amides is 2. The number of anilines is 2. The van der Waals surface area contributed by atoms with Crippen molar-refractivity contribution >= 4 is 17.5 Å². The molecule has 2 amide bonds. The van der Waals surface area contributed by atoms with E-state index < -0.39 is 17.8 Å². The Bertz CT molecular complexity index is 868. The van der Waals surface area contributed by atoms with E-state index in [9.17, 15) is 18.0 Å². The maximum Gasteiger partial charge on any atom is 0.418 e. The van der Waals surface area contributed by atoms with Gasteiger partial charge in [0.15, 0.2) is 5.82 Å². The molecule has 2 rings (SSSR count).